The summed E-state index contributed by atoms with van der Waals surface area (Å²) in [4.78, 5) is 19.5. The molecule has 0 unspecified atom stereocenters. The highest BCUT2D eigenvalue weighted by molar-refractivity contribution is 5.82. The topological polar surface area (TPSA) is 47.0 Å². The Kier molecular flexibility index (Phi) is 5.04. The van der Waals surface area contributed by atoms with Crippen LogP contribution in [0.5, 0.6) is 0 Å². The molecule has 2 rings (SSSR count). The highest BCUT2D eigenvalue weighted by Gasteiger charge is 2.40. The molecule has 2 fully saturated rings. The van der Waals surface area contributed by atoms with Crippen molar-refractivity contribution in [2.45, 2.75) is 32.2 Å². The molecule has 0 aliphatic carbocycles. The quantitative estimate of drug-likeness (QED) is 0.806. The lowest BCUT2D eigenvalue weighted by molar-refractivity contribution is -0.146. The number of aliphatic hydroxyl groups is 1. The standard InChI is InChI=1S/C15H29N3O2/c1-15(5-7-16(2)8-6-15)14(20)18-10-9-17(3)13(12-18)4-11-19/h13,19H,4-12H2,1-3H3/t13-/m1/s1. The number of hydrogen-bond acceptors (Lipinski definition) is 4. The molecule has 0 spiro atoms. The van der Waals surface area contributed by atoms with Crippen molar-refractivity contribution >= 4 is 5.91 Å². The van der Waals surface area contributed by atoms with Crippen molar-refractivity contribution in [1.29, 1.82) is 0 Å². The van der Waals surface area contributed by atoms with Crippen LogP contribution in [0.3, 0.4) is 0 Å². The molecule has 0 aromatic carbocycles. The first-order valence-corrected chi connectivity index (χ1v) is 7.75. The zero-order valence-corrected chi connectivity index (χ0v) is 13.1. The predicted octanol–water partition coefficient (Wildman–Crippen LogP) is 0.243. The number of hydrogen-bond donors (Lipinski definition) is 1. The summed E-state index contributed by atoms with van der Waals surface area (Å²) in [5.74, 6) is 0.321. The SMILES string of the molecule is CN1CCC(C)(C(=O)N2CCN(C)[C@H](CCO)C2)CC1. The molecule has 2 aliphatic heterocycles. The third-order valence-electron chi connectivity index (χ3n) is 5.13. The molecule has 0 bridgehead atoms. The number of carbonyl (C=O) groups excluding carboxylic acids is 1. The van der Waals surface area contributed by atoms with E-state index in [0.29, 0.717) is 11.9 Å². The van der Waals surface area contributed by atoms with Crippen molar-refractivity contribution in [3.8, 4) is 0 Å². The van der Waals surface area contributed by atoms with E-state index in [1.165, 1.54) is 0 Å². The van der Waals surface area contributed by atoms with Crippen LogP contribution in [0, 0.1) is 5.41 Å². The van der Waals surface area contributed by atoms with Crippen molar-refractivity contribution in [2.24, 2.45) is 5.41 Å². The molecule has 5 nitrogen and oxygen atoms in total. The molecule has 0 aromatic heterocycles. The number of piperazine rings is 1. The van der Waals surface area contributed by atoms with Crippen LogP contribution in [-0.2, 0) is 4.79 Å². The number of likely N-dealkylation sites (tertiary alicyclic amines) is 1. The van der Waals surface area contributed by atoms with Crippen molar-refractivity contribution < 1.29 is 9.90 Å². The minimum absolute atomic E-state index is 0.188. The van der Waals surface area contributed by atoms with E-state index in [9.17, 15) is 4.79 Å². The third kappa shape index (κ3) is 3.32. The molecule has 116 valence electrons. The van der Waals surface area contributed by atoms with Gasteiger partial charge < -0.3 is 14.9 Å². The van der Waals surface area contributed by atoms with Crippen LogP contribution >= 0.6 is 0 Å². The van der Waals surface area contributed by atoms with Gasteiger partial charge in [-0.15, -0.1) is 0 Å². The van der Waals surface area contributed by atoms with Crippen molar-refractivity contribution in [3.05, 3.63) is 0 Å². The summed E-state index contributed by atoms with van der Waals surface area (Å²) >= 11 is 0. The van der Waals surface area contributed by atoms with Crippen LogP contribution in [0.2, 0.25) is 0 Å². The van der Waals surface area contributed by atoms with Gasteiger partial charge in [-0.05, 0) is 46.4 Å². The molecule has 1 N–H and O–H groups in total. The molecule has 0 saturated carbocycles. The lowest BCUT2D eigenvalue weighted by Gasteiger charge is -2.45. The van der Waals surface area contributed by atoms with E-state index in [1.54, 1.807) is 0 Å². The second-order valence-corrected chi connectivity index (χ2v) is 6.76. The van der Waals surface area contributed by atoms with Crippen LogP contribution in [0.1, 0.15) is 26.2 Å². The lowest BCUT2D eigenvalue weighted by Crippen LogP contribution is -2.57. The summed E-state index contributed by atoms with van der Waals surface area (Å²) < 4.78 is 0. The molecule has 1 atom stereocenters. The number of amides is 1. The summed E-state index contributed by atoms with van der Waals surface area (Å²) in [6, 6.07) is 0.299. The Labute approximate surface area is 122 Å². The van der Waals surface area contributed by atoms with E-state index in [2.05, 4.69) is 30.8 Å². The molecule has 5 heteroatoms. The van der Waals surface area contributed by atoms with Crippen molar-refractivity contribution in [1.82, 2.24) is 14.7 Å². The van der Waals surface area contributed by atoms with E-state index in [-0.39, 0.29) is 12.0 Å². The van der Waals surface area contributed by atoms with Crippen LogP contribution in [0.15, 0.2) is 0 Å². The van der Waals surface area contributed by atoms with E-state index < -0.39 is 0 Å². The fourth-order valence-electron chi connectivity index (χ4n) is 3.30. The maximum Gasteiger partial charge on any atom is 0.228 e. The monoisotopic (exact) mass is 283 g/mol. The van der Waals surface area contributed by atoms with Gasteiger partial charge in [-0.25, -0.2) is 0 Å². The van der Waals surface area contributed by atoms with Gasteiger partial charge in [0.1, 0.15) is 0 Å². The number of rotatable bonds is 3. The Morgan fingerprint density at radius 1 is 1.20 bits per heavy atom. The van der Waals surface area contributed by atoms with Crippen LogP contribution in [0.4, 0.5) is 0 Å². The lowest BCUT2D eigenvalue weighted by atomic mass is 9.79. The van der Waals surface area contributed by atoms with Gasteiger partial charge in [0.05, 0.1) is 0 Å². The van der Waals surface area contributed by atoms with E-state index >= 15 is 0 Å². The molecular weight excluding hydrogens is 254 g/mol. The Hall–Kier alpha value is -0.650. The Balaban J connectivity index is 1.98. The van der Waals surface area contributed by atoms with Gasteiger partial charge in [-0.3, -0.25) is 9.69 Å². The minimum atomic E-state index is -0.188. The minimum Gasteiger partial charge on any atom is -0.396 e. The molecule has 2 aliphatic rings. The van der Waals surface area contributed by atoms with E-state index in [1.807, 2.05) is 4.90 Å². The smallest absolute Gasteiger partial charge is 0.228 e. The summed E-state index contributed by atoms with van der Waals surface area (Å²) in [5, 5.41) is 9.15. The largest absolute Gasteiger partial charge is 0.396 e. The van der Waals surface area contributed by atoms with Gasteiger partial charge in [0.15, 0.2) is 0 Å². The highest BCUT2D eigenvalue weighted by Crippen LogP contribution is 2.33. The first kappa shape index (κ1) is 15.7. The molecule has 2 heterocycles. The first-order valence-electron chi connectivity index (χ1n) is 7.75. The second kappa shape index (κ2) is 6.41. The third-order valence-corrected chi connectivity index (χ3v) is 5.13. The Bertz CT molecular complexity index is 340. The zero-order valence-electron chi connectivity index (χ0n) is 13.1. The maximum absolute atomic E-state index is 12.9. The van der Waals surface area contributed by atoms with Crippen LogP contribution in [-0.4, -0.2) is 85.2 Å². The molecule has 1 amide bonds. The number of carbonyl (C=O) groups is 1. The van der Waals surface area contributed by atoms with Gasteiger partial charge in [0.2, 0.25) is 5.91 Å². The van der Waals surface area contributed by atoms with Gasteiger partial charge in [-0.2, -0.15) is 0 Å². The van der Waals surface area contributed by atoms with E-state index in [0.717, 1.165) is 52.0 Å². The van der Waals surface area contributed by atoms with Gasteiger partial charge in [0, 0.05) is 37.7 Å². The van der Waals surface area contributed by atoms with Crippen molar-refractivity contribution in [3.63, 3.8) is 0 Å². The van der Waals surface area contributed by atoms with Crippen molar-refractivity contribution in [2.75, 3.05) is 53.4 Å². The number of piperidine rings is 1. The predicted molar refractivity (Wildman–Crippen MR) is 79.5 cm³/mol. The van der Waals surface area contributed by atoms with Crippen LogP contribution < -0.4 is 0 Å². The normalized spacial score (nSPS) is 28.6. The molecule has 2 saturated heterocycles. The van der Waals surface area contributed by atoms with Gasteiger partial charge in [-0.1, -0.05) is 6.92 Å². The highest BCUT2D eigenvalue weighted by atomic mass is 16.3. The summed E-state index contributed by atoms with van der Waals surface area (Å²) in [7, 11) is 4.20. The number of aliphatic hydroxyl groups excluding tert-OH is 1. The van der Waals surface area contributed by atoms with E-state index in [4.69, 9.17) is 5.11 Å². The zero-order chi connectivity index (χ0) is 14.8. The van der Waals surface area contributed by atoms with Crippen LogP contribution in [0.25, 0.3) is 0 Å². The second-order valence-electron chi connectivity index (χ2n) is 6.76. The molecule has 0 radical (unpaired) electrons. The molecule has 20 heavy (non-hydrogen) atoms. The molecule has 0 aromatic rings. The summed E-state index contributed by atoms with van der Waals surface area (Å²) in [6.45, 7) is 6.84. The molecular formula is C15H29N3O2. The first-order chi connectivity index (χ1) is 9.46. The van der Waals surface area contributed by atoms with Gasteiger partial charge >= 0.3 is 0 Å². The van der Waals surface area contributed by atoms with Gasteiger partial charge in [0.25, 0.3) is 0 Å². The Morgan fingerprint density at radius 2 is 1.85 bits per heavy atom. The summed E-state index contributed by atoms with van der Waals surface area (Å²) in [6.07, 6.45) is 2.67. The number of nitrogens with zero attached hydrogens (tertiary/aromatic N) is 3. The fraction of sp³-hybridized carbons (Fsp3) is 0.933. The average Bonchev–Trinajstić information content (AvgIpc) is 2.44. The fourth-order valence-corrected chi connectivity index (χ4v) is 3.30. The summed E-state index contributed by atoms with van der Waals surface area (Å²) in [5.41, 5.74) is -0.188. The maximum atomic E-state index is 12.9. The Morgan fingerprint density at radius 3 is 2.45 bits per heavy atom. The number of likely N-dealkylation sites (N-methyl/N-ethyl adjacent to an activating group) is 1. The average molecular weight is 283 g/mol.